The van der Waals surface area contributed by atoms with Crippen LogP contribution in [0.25, 0.3) is 0 Å². The number of nitro benzene ring substituents is 1. The van der Waals surface area contributed by atoms with Crippen LogP contribution in [0.3, 0.4) is 0 Å². The summed E-state index contributed by atoms with van der Waals surface area (Å²) in [4.78, 5) is 26.9. The van der Waals surface area contributed by atoms with E-state index in [1.54, 1.807) is 4.90 Å². The van der Waals surface area contributed by atoms with Gasteiger partial charge in [-0.2, -0.15) is 13.2 Å². The lowest BCUT2D eigenvalue weighted by molar-refractivity contribution is -0.384. The van der Waals surface area contributed by atoms with Crippen molar-refractivity contribution >= 4 is 17.3 Å². The molecule has 3 unspecified atom stereocenters. The number of halogens is 3. The van der Waals surface area contributed by atoms with E-state index in [1.165, 1.54) is 6.42 Å². The number of rotatable bonds is 3. The van der Waals surface area contributed by atoms with Crippen molar-refractivity contribution in [3.63, 3.8) is 0 Å². The number of carbonyl (C=O) groups excluding carboxylic acids is 1. The van der Waals surface area contributed by atoms with Crippen LogP contribution in [-0.2, 0) is 11.0 Å². The molecule has 0 radical (unpaired) electrons. The number of amides is 1. The molecular weight excluding hydrogens is 375 g/mol. The van der Waals surface area contributed by atoms with Crippen LogP contribution in [-0.4, -0.2) is 41.9 Å². The number of piperazine rings is 1. The Labute approximate surface area is 160 Å². The number of nitro groups is 1. The van der Waals surface area contributed by atoms with Crippen molar-refractivity contribution in [1.29, 1.82) is 0 Å². The van der Waals surface area contributed by atoms with E-state index >= 15 is 0 Å². The molecule has 2 saturated carbocycles. The zero-order valence-corrected chi connectivity index (χ0v) is 15.3. The number of anilines is 1. The summed E-state index contributed by atoms with van der Waals surface area (Å²) in [5, 5.41) is 11.3. The molecule has 1 aromatic rings. The number of benzene rings is 1. The maximum atomic E-state index is 12.9. The predicted octanol–water partition coefficient (Wildman–Crippen LogP) is 3.70. The van der Waals surface area contributed by atoms with Crippen molar-refractivity contribution in [3.05, 3.63) is 33.9 Å². The fraction of sp³-hybridized carbons (Fsp3) is 0.632. The Hall–Kier alpha value is -2.32. The van der Waals surface area contributed by atoms with Crippen molar-refractivity contribution in [2.24, 2.45) is 17.8 Å². The number of nitrogens with zero attached hydrogens (tertiary/aromatic N) is 3. The lowest BCUT2D eigenvalue weighted by atomic mass is 9.87. The highest BCUT2D eigenvalue weighted by atomic mass is 19.4. The van der Waals surface area contributed by atoms with E-state index in [0.717, 1.165) is 31.4 Å². The van der Waals surface area contributed by atoms with Gasteiger partial charge in [-0.15, -0.1) is 0 Å². The molecule has 0 spiro atoms. The molecular formula is C19H22F3N3O3. The highest BCUT2D eigenvalue weighted by molar-refractivity contribution is 5.80. The summed E-state index contributed by atoms with van der Waals surface area (Å²) in [5.74, 6) is 1.45. The molecule has 0 aromatic heterocycles. The van der Waals surface area contributed by atoms with Gasteiger partial charge in [-0.05, 0) is 43.2 Å². The first kappa shape index (κ1) is 19.0. The molecule has 1 aliphatic heterocycles. The molecule has 1 amide bonds. The lowest BCUT2D eigenvalue weighted by Crippen LogP contribution is -2.51. The van der Waals surface area contributed by atoms with Crippen molar-refractivity contribution < 1.29 is 22.9 Å². The van der Waals surface area contributed by atoms with E-state index in [0.29, 0.717) is 44.1 Å². The zero-order valence-electron chi connectivity index (χ0n) is 15.3. The topological polar surface area (TPSA) is 66.7 Å². The monoisotopic (exact) mass is 397 g/mol. The fourth-order valence-corrected chi connectivity index (χ4v) is 5.06. The van der Waals surface area contributed by atoms with Crippen LogP contribution in [0.2, 0.25) is 0 Å². The van der Waals surface area contributed by atoms with Gasteiger partial charge in [-0.1, -0.05) is 6.42 Å². The molecule has 0 N–H and O–H groups in total. The Balaban J connectivity index is 1.45. The van der Waals surface area contributed by atoms with E-state index in [9.17, 15) is 28.1 Å². The molecule has 9 heteroatoms. The van der Waals surface area contributed by atoms with E-state index < -0.39 is 22.4 Å². The Kier molecular flexibility index (Phi) is 4.71. The van der Waals surface area contributed by atoms with Crippen LogP contribution in [0, 0.1) is 27.9 Å². The number of hydrogen-bond donors (Lipinski definition) is 0. The van der Waals surface area contributed by atoms with Gasteiger partial charge in [0.05, 0.1) is 10.5 Å². The molecule has 1 saturated heterocycles. The normalized spacial score (nSPS) is 27.3. The molecule has 1 heterocycles. The third-order valence-corrected chi connectivity index (χ3v) is 6.49. The average Bonchev–Trinajstić information content (AvgIpc) is 3.30. The SMILES string of the molecule is O=C(C1CC2CCC1C2)N1CCN(c2ccc(C(F)(F)F)cc2[N+](=O)[O-])CC1. The quantitative estimate of drug-likeness (QED) is 0.576. The Bertz CT molecular complexity index is 790. The largest absolute Gasteiger partial charge is 0.416 e. The molecule has 3 fully saturated rings. The van der Waals surface area contributed by atoms with Crippen LogP contribution in [0.1, 0.15) is 31.2 Å². The average molecular weight is 397 g/mol. The number of alkyl halides is 3. The molecule has 2 bridgehead atoms. The van der Waals surface area contributed by atoms with Gasteiger partial charge in [-0.25, -0.2) is 0 Å². The third kappa shape index (κ3) is 3.42. The van der Waals surface area contributed by atoms with E-state index in [4.69, 9.17) is 0 Å². The van der Waals surface area contributed by atoms with Crippen LogP contribution < -0.4 is 4.90 Å². The molecule has 3 aliphatic rings. The summed E-state index contributed by atoms with van der Waals surface area (Å²) in [5.41, 5.74) is -1.42. The second-order valence-corrected chi connectivity index (χ2v) is 8.05. The second-order valence-electron chi connectivity index (χ2n) is 8.05. The maximum absolute atomic E-state index is 12.9. The summed E-state index contributed by atoms with van der Waals surface area (Å²) in [7, 11) is 0. The Morgan fingerprint density at radius 1 is 1.11 bits per heavy atom. The molecule has 2 aliphatic carbocycles. The van der Waals surface area contributed by atoms with Crippen molar-refractivity contribution in [3.8, 4) is 0 Å². The van der Waals surface area contributed by atoms with E-state index in [2.05, 4.69) is 0 Å². The van der Waals surface area contributed by atoms with Gasteiger partial charge >= 0.3 is 6.18 Å². The summed E-state index contributed by atoms with van der Waals surface area (Å²) < 4.78 is 38.6. The summed E-state index contributed by atoms with van der Waals surface area (Å²) >= 11 is 0. The first-order chi connectivity index (χ1) is 13.2. The second kappa shape index (κ2) is 6.93. The Morgan fingerprint density at radius 3 is 2.36 bits per heavy atom. The van der Waals surface area contributed by atoms with Gasteiger partial charge in [-0.3, -0.25) is 14.9 Å². The molecule has 3 atom stereocenters. The first-order valence-corrected chi connectivity index (χ1v) is 9.63. The van der Waals surface area contributed by atoms with Gasteiger partial charge in [0.15, 0.2) is 0 Å². The number of fused-ring (bicyclic) bond motifs is 2. The molecule has 1 aromatic carbocycles. The number of hydrogen-bond acceptors (Lipinski definition) is 4. The smallest absolute Gasteiger partial charge is 0.362 e. The Morgan fingerprint density at radius 2 is 1.82 bits per heavy atom. The molecule has 28 heavy (non-hydrogen) atoms. The predicted molar refractivity (Wildman–Crippen MR) is 95.8 cm³/mol. The van der Waals surface area contributed by atoms with Crippen molar-refractivity contribution in [2.45, 2.75) is 31.9 Å². The van der Waals surface area contributed by atoms with Crippen molar-refractivity contribution in [1.82, 2.24) is 4.90 Å². The third-order valence-electron chi connectivity index (χ3n) is 6.49. The highest BCUT2D eigenvalue weighted by Crippen LogP contribution is 2.49. The van der Waals surface area contributed by atoms with Crippen LogP contribution >= 0.6 is 0 Å². The van der Waals surface area contributed by atoms with Crippen LogP contribution in [0.5, 0.6) is 0 Å². The maximum Gasteiger partial charge on any atom is 0.416 e. The molecule has 6 nitrogen and oxygen atoms in total. The van der Waals surface area contributed by atoms with E-state index in [1.807, 2.05) is 4.90 Å². The molecule has 4 rings (SSSR count). The minimum atomic E-state index is -4.63. The van der Waals surface area contributed by atoms with Gasteiger partial charge in [0, 0.05) is 38.2 Å². The lowest BCUT2D eigenvalue weighted by Gasteiger charge is -2.38. The van der Waals surface area contributed by atoms with Crippen LogP contribution in [0.15, 0.2) is 18.2 Å². The summed E-state index contributed by atoms with van der Waals surface area (Å²) in [6.07, 6.45) is -0.171. The fourth-order valence-electron chi connectivity index (χ4n) is 5.06. The van der Waals surface area contributed by atoms with Gasteiger partial charge in [0.1, 0.15) is 5.69 Å². The van der Waals surface area contributed by atoms with Crippen LogP contribution in [0.4, 0.5) is 24.5 Å². The highest BCUT2D eigenvalue weighted by Gasteiger charge is 2.44. The van der Waals surface area contributed by atoms with Gasteiger partial charge in [0.2, 0.25) is 5.91 Å². The number of carbonyl (C=O) groups is 1. The van der Waals surface area contributed by atoms with E-state index in [-0.39, 0.29) is 17.5 Å². The first-order valence-electron chi connectivity index (χ1n) is 9.63. The molecule has 152 valence electrons. The van der Waals surface area contributed by atoms with Gasteiger partial charge in [0.25, 0.3) is 5.69 Å². The summed E-state index contributed by atoms with van der Waals surface area (Å²) in [6.45, 7) is 1.62. The summed E-state index contributed by atoms with van der Waals surface area (Å²) in [6, 6.07) is 2.62. The minimum Gasteiger partial charge on any atom is -0.362 e. The standard InChI is InChI=1S/C19H22F3N3O3/c20-19(21,22)14-3-4-16(17(11-14)25(27)28)23-5-7-24(8-6-23)18(26)15-10-12-1-2-13(15)9-12/h3-4,11-13,15H,1-2,5-10H2. The minimum absolute atomic E-state index is 0.103. The zero-order chi connectivity index (χ0) is 20.1. The van der Waals surface area contributed by atoms with Gasteiger partial charge < -0.3 is 9.80 Å². The van der Waals surface area contributed by atoms with Crippen molar-refractivity contribution in [2.75, 3.05) is 31.1 Å².